The number of halogens is 3. The number of nitrogens with zero attached hydrogens (tertiary/aromatic N) is 1. The van der Waals surface area contributed by atoms with Gasteiger partial charge in [-0.1, -0.05) is 6.07 Å². The first kappa shape index (κ1) is 20.9. The first-order valence-electron chi connectivity index (χ1n) is 7.89. The largest absolute Gasteiger partial charge is 0.357 e. The highest BCUT2D eigenvalue weighted by molar-refractivity contribution is 6.08. The third-order valence-electron chi connectivity index (χ3n) is 4.00. The Morgan fingerprint density at radius 2 is 1.54 bits per heavy atom. The molecule has 0 aliphatic heterocycles. The summed E-state index contributed by atoms with van der Waals surface area (Å²) >= 11 is 0. The lowest BCUT2D eigenvalue weighted by Gasteiger charge is -2.25. The van der Waals surface area contributed by atoms with Crippen LogP contribution in [0, 0.1) is 17.5 Å². The Kier molecular flexibility index (Phi) is 6.37. The summed E-state index contributed by atoms with van der Waals surface area (Å²) in [4.78, 5) is 36.8. The van der Waals surface area contributed by atoms with Crippen LogP contribution in [0.4, 0.5) is 13.2 Å². The number of carbonyl (C=O) groups is 3. The van der Waals surface area contributed by atoms with E-state index in [0.29, 0.717) is 11.0 Å². The van der Waals surface area contributed by atoms with Crippen LogP contribution < -0.4 is 10.8 Å². The normalized spacial score (nSPS) is 11.5. The second-order valence-corrected chi connectivity index (χ2v) is 5.73. The van der Waals surface area contributed by atoms with Crippen LogP contribution in [0.1, 0.15) is 10.4 Å². The Balaban J connectivity index is 2.37. The van der Waals surface area contributed by atoms with E-state index in [4.69, 9.17) is 5.21 Å². The van der Waals surface area contributed by atoms with E-state index in [2.05, 4.69) is 5.32 Å². The molecule has 0 aliphatic carbocycles. The molecular weight excluding hydrogens is 379 g/mol. The predicted octanol–water partition coefficient (Wildman–Crippen LogP) is 1.46. The lowest BCUT2D eigenvalue weighted by atomic mass is 10.0. The van der Waals surface area contributed by atoms with Crippen LogP contribution in [0.3, 0.4) is 0 Å². The van der Waals surface area contributed by atoms with Crippen molar-refractivity contribution in [1.82, 2.24) is 15.7 Å². The van der Waals surface area contributed by atoms with Gasteiger partial charge in [0.2, 0.25) is 0 Å². The topological polar surface area (TPSA) is 98.7 Å². The molecule has 28 heavy (non-hydrogen) atoms. The molecule has 10 heteroatoms. The van der Waals surface area contributed by atoms with Crippen LogP contribution in [0.15, 0.2) is 36.4 Å². The maximum atomic E-state index is 14.5. The molecule has 0 aliphatic rings. The van der Waals surface area contributed by atoms with Crippen molar-refractivity contribution in [2.75, 3.05) is 14.1 Å². The number of hydrogen-bond acceptors (Lipinski definition) is 4. The smallest absolute Gasteiger partial charge is 0.275 e. The fourth-order valence-electron chi connectivity index (χ4n) is 2.56. The highest BCUT2D eigenvalue weighted by Gasteiger charge is 2.33. The summed E-state index contributed by atoms with van der Waals surface area (Å²) in [6.45, 7) is 0. The number of amides is 3. The highest BCUT2D eigenvalue weighted by atomic mass is 19.1. The number of nitrogens with one attached hydrogen (secondary N) is 2. The van der Waals surface area contributed by atoms with E-state index < -0.39 is 41.2 Å². The molecule has 2 aromatic carbocycles. The summed E-state index contributed by atoms with van der Waals surface area (Å²) < 4.78 is 41.4. The molecule has 148 valence electrons. The van der Waals surface area contributed by atoms with Gasteiger partial charge in [-0.15, -0.1) is 0 Å². The summed E-state index contributed by atoms with van der Waals surface area (Å²) in [5, 5.41) is 10.9. The Hall–Kier alpha value is -3.40. The average molecular weight is 395 g/mol. The molecule has 2 aromatic rings. The van der Waals surface area contributed by atoms with Crippen LogP contribution in [0.2, 0.25) is 0 Å². The third-order valence-corrected chi connectivity index (χ3v) is 4.00. The molecule has 1 atom stereocenters. The first-order valence-corrected chi connectivity index (χ1v) is 7.89. The third kappa shape index (κ3) is 4.12. The second-order valence-electron chi connectivity index (χ2n) is 5.73. The van der Waals surface area contributed by atoms with Gasteiger partial charge in [0.05, 0.1) is 0 Å². The second kappa shape index (κ2) is 8.53. The van der Waals surface area contributed by atoms with Gasteiger partial charge in [-0.25, -0.2) is 18.7 Å². The van der Waals surface area contributed by atoms with E-state index in [0.717, 1.165) is 37.4 Å². The fourth-order valence-corrected chi connectivity index (χ4v) is 2.56. The maximum Gasteiger partial charge on any atom is 0.275 e. The van der Waals surface area contributed by atoms with Crippen molar-refractivity contribution in [3.05, 3.63) is 59.4 Å². The number of hydrogen-bond donors (Lipinski definition) is 3. The average Bonchev–Trinajstić information content (AvgIpc) is 2.67. The molecule has 7 nitrogen and oxygen atoms in total. The summed E-state index contributed by atoms with van der Waals surface area (Å²) in [5.74, 6) is -5.71. The van der Waals surface area contributed by atoms with Crippen LogP contribution in [0.25, 0.3) is 11.1 Å². The Morgan fingerprint density at radius 3 is 2.04 bits per heavy atom. The summed E-state index contributed by atoms with van der Waals surface area (Å²) in [7, 11) is 2.34. The molecule has 3 amide bonds. The maximum absolute atomic E-state index is 14.5. The number of benzene rings is 2. The number of rotatable bonds is 5. The molecule has 0 bridgehead atoms. The minimum Gasteiger partial charge on any atom is -0.357 e. The summed E-state index contributed by atoms with van der Waals surface area (Å²) in [6, 6.07) is 4.00. The highest BCUT2D eigenvalue weighted by Crippen LogP contribution is 2.27. The molecule has 0 aromatic heterocycles. The van der Waals surface area contributed by atoms with E-state index in [-0.39, 0.29) is 16.7 Å². The quantitative estimate of drug-likeness (QED) is 0.406. The molecule has 0 spiro atoms. The van der Waals surface area contributed by atoms with Gasteiger partial charge in [-0.2, -0.15) is 0 Å². The Morgan fingerprint density at radius 1 is 0.964 bits per heavy atom. The molecule has 1 unspecified atom stereocenters. The minimum absolute atomic E-state index is 0.200. The van der Waals surface area contributed by atoms with E-state index >= 15 is 0 Å². The van der Waals surface area contributed by atoms with Gasteiger partial charge in [0.1, 0.15) is 17.5 Å². The standard InChI is InChI=1S/C18H16F3N3O4/c1-22-16(25)15(17(26)23-28)24(2)18(27)9-3-5-11(13(20)7-9)12-6-4-10(19)8-14(12)21/h3-8,15,28H,1-2H3,(H,22,25)(H,23,26). The Labute approximate surface area is 157 Å². The molecule has 0 heterocycles. The van der Waals surface area contributed by atoms with E-state index in [9.17, 15) is 27.6 Å². The number of hydroxylamine groups is 1. The van der Waals surface area contributed by atoms with Gasteiger partial charge in [0.15, 0.2) is 6.04 Å². The molecule has 0 saturated carbocycles. The van der Waals surface area contributed by atoms with E-state index in [1.54, 1.807) is 0 Å². The van der Waals surface area contributed by atoms with Crippen LogP contribution in [-0.2, 0) is 9.59 Å². The molecule has 0 radical (unpaired) electrons. The zero-order chi connectivity index (χ0) is 21.0. The monoisotopic (exact) mass is 395 g/mol. The Bertz CT molecular complexity index is 920. The van der Waals surface area contributed by atoms with Gasteiger partial charge in [-0.3, -0.25) is 19.6 Å². The molecule has 3 N–H and O–H groups in total. The van der Waals surface area contributed by atoms with Crippen molar-refractivity contribution in [3.8, 4) is 11.1 Å². The number of likely N-dealkylation sites (N-methyl/N-ethyl adjacent to an activating group) is 2. The van der Waals surface area contributed by atoms with Gasteiger partial charge >= 0.3 is 0 Å². The lowest BCUT2D eigenvalue weighted by Crippen LogP contribution is -2.54. The van der Waals surface area contributed by atoms with Crippen molar-refractivity contribution >= 4 is 17.7 Å². The molecule has 0 fully saturated rings. The van der Waals surface area contributed by atoms with Crippen molar-refractivity contribution in [2.24, 2.45) is 0 Å². The zero-order valence-corrected chi connectivity index (χ0v) is 14.8. The van der Waals surface area contributed by atoms with Gasteiger partial charge in [0.25, 0.3) is 17.7 Å². The van der Waals surface area contributed by atoms with Crippen LogP contribution >= 0.6 is 0 Å². The van der Waals surface area contributed by atoms with Crippen molar-refractivity contribution in [1.29, 1.82) is 0 Å². The molecule has 2 rings (SSSR count). The fraction of sp³-hybridized carbons (Fsp3) is 0.167. The molecular formula is C18H16F3N3O4. The van der Waals surface area contributed by atoms with Crippen molar-refractivity contribution in [2.45, 2.75) is 6.04 Å². The zero-order valence-electron chi connectivity index (χ0n) is 14.8. The van der Waals surface area contributed by atoms with Crippen molar-refractivity contribution < 1.29 is 32.8 Å². The molecule has 0 saturated heterocycles. The van der Waals surface area contributed by atoms with E-state index in [1.807, 2.05) is 0 Å². The van der Waals surface area contributed by atoms with Crippen LogP contribution in [0.5, 0.6) is 0 Å². The van der Waals surface area contributed by atoms with Crippen molar-refractivity contribution in [3.63, 3.8) is 0 Å². The van der Waals surface area contributed by atoms with Gasteiger partial charge in [0, 0.05) is 36.9 Å². The lowest BCUT2D eigenvalue weighted by molar-refractivity contribution is -0.140. The van der Waals surface area contributed by atoms with Crippen LogP contribution in [-0.4, -0.2) is 48.0 Å². The predicted molar refractivity (Wildman–Crippen MR) is 91.6 cm³/mol. The SMILES string of the molecule is CNC(=O)C(C(=O)NO)N(C)C(=O)c1ccc(-c2ccc(F)cc2F)c(F)c1. The number of carbonyl (C=O) groups excluding carboxylic acids is 3. The summed E-state index contributed by atoms with van der Waals surface area (Å²) in [5.41, 5.74) is 0.649. The minimum atomic E-state index is -1.71. The van der Waals surface area contributed by atoms with Gasteiger partial charge < -0.3 is 10.2 Å². The van der Waals surface area contributed by atoms with E-state index in [1.165, 1.54) is 12.5 Å². The summed E-state index contributed by atoms with van der Waals surface area (Å²) in [6.07, 6.45) is 0. The van der Waals surface area contributed by atoms with Gasteiger partial charge in [-0.05, 0) is 24.3 Å². The first-order chi connectivity index (χ1) is 13.2.